The number of H-pyrrole nitrogens is 1. The largest absolute Gasteiger partial charge is 0.465 e. The lowest BCUT2D eigenvalue weighted by Crippen LogP contribution is -2.29. The molecule has 9 heteroatoms. The van der Waals surface area contributed by atoms with Crippen molar-refractivity contribution < 1.29 is 14.3 Å². The van der Waals surface area contributed by atoms with Crippen molar-refractivity contribution in [1.29, 1.82) is 0 Å². The maximum absolute atomic E-state index is 12.4. The minimum atomic E-state index is -0.628. The van der Waals surface area contributed by atoms with E-state index >= 15 is 0 Å². The number of methoxy groups -OCH3 is 1. The van der Waals surface area contributed by atoms with Crippen molar-refractivity contribution in [2.24, 2.45) is 5.92 Å². The summed E-state index contributed by atoms with van der Waals surface area (Å²) in [5.41, 5.74) is 0.304. The first-order chi connectivity index (χ1) is 11.8. The van der Waals surface area contributed by atoms with Crippen molar-refractivity contribution in [2.75, 3.05) is 19.4 Å². The number of fused-ring (bicyclic) bond motifs is 1. The number of hydrogen-bond acceptors (Lipinski definition) is 7. The van der Waals surface area contributed by atoms with Gasteiger partial charge in [-0.05, 0) is 18.9 Å². The fourth-order valence-electron chi connectivity index (χ4n) is 2.09. The quantitative estimate of drug-likeness (QED) is 0.451. The molecule has 134 valence electrons. The fourth-order valence-corrected chi connectivity index (χ4v) is 2.77. The molecule has 0 bridgehead atoms. The molecular formula is C16H20N4O4S. The van der Waals surface area contributed by atoms with Crippen LogP contribution >= 0.6 is 11.8 Å². The zero-order valence-corrected chi connectivity index (χ0v) is 15.3. The van der Waals surface area contributed by atoms with Crippen LogP contribution in [0.4, 0.5) is 0 Å². The SMILES string of the molecule is COC(=O)c1cc(C)nc2nc(SCC(=O)NCC(C)C)[nH]c(=O)c12. The lowest BCUT2D eigenvalue weighted by Gasteiger charge is -2.08. The summed E-state index contributed by atoms with van der Waals surface area (Å²) in [6.07, 6.45) is 0. The number of hydrogen-bond donors (Lipinski definition) is 2. The Labute approximate surface area is 148 Å². The smallest absolute Gasteiger partial charge is 0.338 e. The van der Waals surface area contributed by atoms with E-state index in [1.54, 1.807) is 6.92 Å². The average Bonchev–Trinajstić information content (AvgIpc) is 2.56. The van der Waals surface area contributed by atoms with E-state index in [2.05, 4.69) is 20.3 Å². The van der Waals surface area contributed by atoms with E-state index in [4.69, 9.17) is 4.74 Å². The van der Waals surface area contributed by atoms with Gasteiger partial charge in [-0.2, -0.15) is 0 Å². The van der Waals surface area contributed by atoms with Crippen LogP contribution in [-0.2, 0) is 9.53 Å². The number of carbonyl (C=O) groups is 2. The molecule has 0 fully saturated rings. The molecule has 0 saturated heterocycles. The highest BCUT2D eigenvalue weighted by molar-refractivity contribution is 7.99. The highest BCUT2D eigenvalue weighted by Gasteiger charge is 2.17. The first-order valence-electron chi connectivity index (χ1n) is 7.71. The van der Waals surface area contributed by atoms with Crippen LogP contribution in [0.25, 0.3) is 11.0 Å². The molecule has 0 aromatic carbocycles. The number of amides is 1. The second kappa shape index (κ2) is 8.11. The van der Waals surface area contributed by atoms with E-state index in [9.17, 15) is 14.4 Å². The summed E-state index contributed by atoms with van der Waals surface area (Å²) in [6.45, 7) is 6.29. The van der Waals surface area contributed by atoms with Crippen LogP contribution in [0, 0.1) is 12.8 Å². The normalized spacial score (nSPS) is 10.9. The third-order valence-corrected chi connectivity index (χ3v) is 4.11. The van der Waals surface area contributed by atoms with Gasteiger partial charge in [0.15, 0.2) is 10.8 Å². The minimum Gasteiger partial charge on any atom is -0.465 e. The molecule has 1 amide bonds. The molecular weight excluding hydrogens is 344 g/mol. The minimum absolute atomic E-state index is 0.0751. The number of aromatic nitrogens is 3. The second-order valence-electron chi connectivity index (χ2n) is 5.86. The number of aryl methyl sites for hydroxylation is 1. The zero-order chi connectivity index (χ0) is 18.6. The van der Waals surface area contributed by atoms with Crippen molar-refractivity contribution in [1.82, 2.24) is 20.3 Å². The Morgan fingerprint density at radius 2 is 2.08 bits per heavy atom. The van der Waals surface area contributed by atoms with Gasteiger partial charge in [0.1, 0.15) is 0 Å². The molecule has 0 aliphatic carbocycles. The van der Waals surface area contributed by atoms with Gasteiger partial charge in [0.2, 0.25) is 5.91 Å². The van der Waals surface area contributed by atoms with Crippen LogP contribution in [0.5, 0.6) is 0 Å². The Bertz CT molecular complexity index is 863. The maximum Gasteiger partial charge on any atom is 0.338 e. The van der Waals surface area contributed by atoms with E-state index in [1.807, 2.05) is 13.8 Å². The number of esters is 1. The summed E-state index contributed by atoms with van der Waals surface area (Å²) < 4.78 is 4.70. The van der Waals surface area contributed by atoms with Gasteiger partial charge in [0.05, 0.1) is 23.8 Å². The third-order valence-electron chi connectivity index (χ3n) is 3.24. The molecule has 2 aromatic heterocycles. The van der Waals surface area contributed by atoms with E-state index in [0.717, 1.165) is 11.8 Å². The van der Waals surface area contributed by atoms with Gasteiger partial charge < -0.3 is 15.0 Å². The standard InChI is InChI=1S/C16H20N4O4S/c1-8(2)6-17-11(21)7-25-16-19-13-12(14(22)20-16)10(15(23)24-4)5-9(3)18-13/h5,8H,6-7H2,1-4H3,(H,17,21)(H,18,19,20,22). The monoisotopic (exact) mass is 364 g/mol. The summed E-state index contributed by atoms with van der Waals surface area (Å²) in [7, 11) is 1.24. The van der Waals surface area contributed by atoms with Crippen molar-refractivity contribution in [3.8, 4) is 0 Å². The van der Waals surface area contributed by atoms with Gasteiger partial charge in [-0.25, -0.2) is 14.8 Å². The van der Waals surface area contributed by atoms with Crippen LogP contribution in [0.2, 0.25) is 0 Å². The molecule has 25 heavy (non-hydrogen) atoms. The Kier molecular flexibility index (Phi) is 6.13. The molecule has 0 radical (unpaired) electrons. The van der Waals surface area contributed by atoms with Crippen molar-refractivity contribution >= 4 is 34.7 Å². The van der Waals surface area contributed by atoms with Gasteiger partial charge in [-0.3, -0.25) is 9.59 Å². The number of carbonyl (C=O) groups excluding carboxylic acids is 2. The number of rotatable bonds is 6. The first-order valence-corrected chi connectivity index (χ1v) is 8.69. The van der Waals surface area contributed by atoms with Crippen LogP contribution in [0.15, 0.2) is 16.0 Å². The lowest BCUT2D eigenvalue weighted by molar-refractivity contribution is -0.118. The predicted molar refractivity (Wildman–Crippen MR) is 94.8 cm³/mol. The summed E-state index contributed by atoms with van der Waals surface area (Å²) in [5, 5.41) is 3.13. The number of pyridine rings is 1. The first kappa shape index (κ1) is 18.9. The average molecular weight is 364 g/mol. The molecule has 2 N–H and O–H groups in total. The molecule has 2 rings (SSSR count). The molecule has 0 unspecified atom stereocenters. The highest BCUT2D eigenvalue weighted by Crippen LogP contribution is 2.18. The van der Waals surface area contributed by atoms with Crippen LogP contribution in [-0.4, -0.2) is 46.2 Å². The lowest BCUT2D eigenvalue weighted by atomic mass is 10.1. The molecule has 2 heterocycles. The Balaban J connectivity index is 2.28. The van der Waals surface area contributed by atoms with Gasteiger partial charge in [0, 0.05) is 12.2 Å². The van der Waals surface area contributed by atoms with E-state index in [0.29, 0.717) is 18.2 Å². The molecule has 0 spiro atoms. The number of nitrogens with zero attached hydrogens (tertiary/aromatic N) is 2. The van der Waals surface area contributed by atoms with Crippen LogP contribution in [0.1, 0.15) is 29.9 Å². The van der Waals surface area contributed by atoms with E-state index < -0.39 is 11.5 Å². The Morgan fingerprint density at radius 3 is 2.72 bits per heavy atom. The number of nitrogens with one attached hydrogen (secondary N) is 2. The van der Waals surface area contributed by atoms with Crippen molar-refractivity contribution in [3.05, 3.63) is 27.7 Å². The number of aromatic amines is 1. The van der Waals surface area contributed by atoms with Crippen LogP contribution in [0.3, 0.4) is 0 Å². The Morgan fingerprint density at radius 1 is 1.36 bits per heavy atom. The summed E-state index contributed by atoms with van der Waals surface area (Å²) >= 11 is 1.10. The molecule has 0 saturated carbocycles. The third kappa shape index (κ3) is 4.79. The van der Waals surface area contributed by atoms with E-state index in [-0.39, 0.29) is 33.4 Å². The van der Waals surface area contributed by atoms with Crippen molar-refractivity contribution in [2.45, 2.75) is 25.9 Å². The van der Waals surface area contributed by atoms with Gasteiger partial charge in [0.25, 0.3) is 5.56 Å². The fraction of sp³-hybridized carbons (Fsp3) is 0.438. The predicted octanol–water partition coefficient (Wildman–Crippen LogP) is 1.28. The molecule has 0 aliphatic rings. The Hall–Kier alpha value is -2.42. The molecule has 0 aliphatic heterocycles. The van der Waals surface area contributed by atoms with Gasteiger partial charge in [-0.1, -0.05) is 25.6 Å². The van der Waals surface area contributed by atoms with E-state index in [1.165, 1.54) is 13.2 Å². The van der Waals surface area contributed by atoms with Crippen molar-refractivity contribution in [3.63, 3.8) is 0 Å². The topological polar surface area (TPSA) is 114 Å². The zero-order valence-electron chi connectivity index (χ0n) is 14.5. The molecule has 0 atom stereocenters. The summed E-state index contributed by atoms with van der Waals surface area (Å²) in [6, 6.07) is 1.48. The number of ether oxygens (including phenoxy) is 1. The molecule has 8 nitrogen and oxygen atoms in total. The van der Waals surface area contributed by atoms with Gasteiger partial charge in [-0.15, -0.1) is 0 Å². The van der Waals surface area contributed by atoms with Gasteiger partial charge >= 0.3 is 5.97 Å². The second-order valence-corrected chi connectivity index (χ2v) is 6.82. The number of thioether (sulfide) groups is 1. The molecule has 2 aromatic rings. The summed E-state index contributed by atoms with van der Waals surface area (Å²) in [5.74, 6) is -0.293. The van der Waals surface area contributed by atoms with Crippen LogP contribution < -0.4 is 10.9 Å². The maximum atomic E-state index is 12.4. The highest BCUT2D eigenvalue weighted by atomic mass is 32.2. The summed E-state index contributed by atoms with van der Waals surface area (Å²) in [4.78, 5) is 47.0.